The summed E-state index contributed by atoms with van der Waals surface area (Å²) in [7, 11) is 0. The molecule has 0 unspecified atom stereocenters. The maximum atomic E-state index is 11.2. The van der Waals surface area contributed by atoms with Crippen LogP contribution < -0.4 is 11.1 Å². The molecular weight excluding hydrogens is 176 g/mol. The maximum Gasteiger partial charge on any atom is 0.220 e. The molecule has 0 radical (unpaired) electrons. The predicted octanol–water partition coefficient (Wildman–Crippen LogP) is 1.03. The molecule has 1 amide bonds. The minimum absolute atomic E-state index is 0.0569. The van der Waals surface area contributed by atoms with Gasteiger partial charge in [-0.25, -0.2) is 0 Å². The zero-order valence-corrected chi connectivity index (χ0v) is 9.31. The van der Waals surface area contributed by atoms with Gasteiger partial charge in [0.05, 0.1) is 0 Å². The molecule has 3 heteroatoms. The summed E-state index contributed by atoms with van der Waals surface area (Å²) in [4.78, 5) is 11.2. The molecule has 3 N–H and O–H groups in total. The first-order chi connectivity index (χ1) is 6.45. The van der Waals surface area contributed by atoms with Gasteiger partial charge in [0, 0.05) is 24.9 Å². The van der Waals surface area contributed by atoms with Crippen LogP contribution in [0.5, 0.6) is 0 Å². The molecule has 0 atom stereocenters. The first-order valence-electron chi connectivity index (χ1n) is 4.91. The highest BCUT2D eigenvalue weighted by atomic mass is 16.1. The number of nitrogens with one attached hydrogen (secondary N) is 1. The van der Waals surface area contributed by atoms with Crippen molar-refractivity contribution in [1.29, 1.82) is 0 Å². The Morgan fingerprint density at radius 1 is 1.50 bits per heavy atom. The first kappa shape index (κ1) is 13.0. The quantitative estimate of drug-likeness (QED) is 0.510. The van der Waals surface area contributed by atoms with Gasteiger partial charge in [0.25, 0.3) is 0 Å². The largest absolute Gasteiger partial charge is 0.355 e. The molecule has 0 heterocycles. The fourth-order valence-electron chi connectivity index (χ4n) is 0.914. The van der Waals surface area contributed by atoms with Crippen LogP contribution in [0, 0.1) is 11.8 Å². The third-order valence-corrected chi connectivity index (χ3v) is 1.75. The molecule has 0 aliphatic carbocycles. The molecule has 0 aromatic heterocycles. The molecule has 14 heavy (non-hydrogen) atoms. The van der Waals surface area contributed by atoms with Crippen molar-refractivity contribution in [1.82, 2.24) is 5.32 Å². The summed E-state index contributed by atoms with van der Waals surface area (Å²) in [5, 5.41) is 2.79. The molecule has 0 aliphatic rings. The van der Waals surface area contributed by atoms with E-state index in [1.165, 1.54) is 0 Å². The Kier molecular flexibility index (Phi) is 5.98. The summed E-state index contributed by atoms with van der Waals surface area (Å²) >= 11 is 0. The van der Waals surface area contributed by atoms with Crippen LogP contribution in [0.3, 0.4) is 0 Å². The monoisotopic (exact) mass is 196 g/mol. The highest BCUT2D eigenvalue weighted by Crippen LogP contribution is 2.06. The van der Waals surface area contributed by atoms with Gasteiger partial charge < -0.3 is 11.1 Å². The maximum absolute atomic E-state index is 11.2. The standard InChI is InChI=1S/C11H20N2O/c1-4-5-6-9-13-10(14)7-8-11(2,3)12/h6-9,12H2,1-3H3,(H,13,14). The smallest absolute Gasteiger partial charge is 0.220 e. The molecule has 80 valence electrons. The molecule has 0 aromatic carbocycles. The number of hydrogen-bond acceptors (Lipinski definition) is 2. The number of amides is 1. The van der Waals surface area contributed by atoms with Crippen molar-refractivity contribution in [3.05, 3.63) is 0 Å². The van der Waals surface area contributed by atoms with Crippen molar-refractivity contribution in [2.75, 3.05) is 6.54 Å². The summed E-state index contributed by atoms with van der Waals surface area (Å²) in [6, 6.07) is 0. The Hall–Kier alpha value is -1.01. The normalized spacial score (nSPS) is 10.3. The van der Waals surface area contributed by atoms with Crippen LogP contribution in [0.1, 0.15) is 40.0 Å². The average Bonchev–Trinajstić information content (AvgIpc) is 2.08. The van der Waals surface area contributed by atoms with Crippen LogP contribution in [0.2, 0.25) is 0 Å². The van der Waals surface area contributed by atoms with E-state index in [4.69, 9.17) is 5.73 Å². The van der Waals surface area contributed by atoms with Crippen LogP contribution >= 0.6 is 0 Å². The molecule has 3 nitrogen and oxygen atoms in total. The predicted molar refractivity (Wildman–Crippen MR) is 58.6 cm³/mol. The number of nitrogens with two attached hydrogens (primary N) is 1. The minimum Gasteiger partial charge on any atom is -0.355 e. The lowest BCUT2D eigenvalue weighted by molar-refractivity contribution is -0.121. The van der Waals surface area contributed by atoms with Gasteiger partial charge in [0.15, 0.2) is 0 Å². The Morgan fingerprint density at radius 3 is 2.64 bits per heavy atom. The minimum atomic E-state index is -0.263. The lowest BCUT2D eigenvalue weighted by Gasteiger charge is -2.17. The number of hydrogen-bond donors (Lipinski definition) is 2. The molecule has 0 spiro atoms. The zero-order valence-electron chi connectivity index (χ0n) is 9.31. The van der Waals surface area contributed by atoms with Gasteiger partial charge in [-0.15, -0.1) is 11.8 Å². The Bertz CT molecular complexity index is 230. The fourth-order valence-corrected chi connectivity index (χ4v) is 0.914. The molecule has 0 saturated carbocycles. The van der Waals surface area contributed by atoms with Crippen LogP contribution in [0.4, 0.5) is 0 Å². The third kappa shape index (κ3) is 9.08. The van der Waals surface area contributed by atoms with Crippen LogP contribution in [0.15, 0.2) is 0 Å². The summed E-state index contributed by atoms with van der Waals surface area (Å²) < 4.78 is 0. The van der Waals surface area contributed by atoms with E-state index in [0.717, 1.165) is 0 Å². The van der Waals surface area contributed by atoms with Gasteiger partial charge in [0.2, 0.25) is 5.91 Å². The third-order valence-electron chi connectivity index (χ3n) is 1.75. The highest BCUT2D eigenvalue weighted by Gasteiger charge is 2.12. The van der Waals surface area contributed by atoms with E-state index >= 15 is 0 Å². The van der Waals surface area contributed by atoms with Crippen molar-refractivity contribution in [2.24, 2.45) is 5.73 Å². The second kappa shape index (κ2) is 6.44. The summed E-state index contributed by atoms with van der Waals surface area (Å²) in [6.07, 6.45) is 1.91. The lowest BCUT2D eigenvalue weighted by atomic mass is 10.00. The van der Waals surface area contributed by atoms with E-state index in [2.05, 4.69) is 17.2 Å². The highest BCUT2D eigenvalue weighted by molar-refractivity contribution is 5.75. The van der Waals surface area contributed by atoms with Gasteiger partial charge in [-0.1, -0.05) is 0 Å². The fraction of sp³-hybridized carbons (Fsp3) is 0.727. The van der Waals surface area contributed by atoms with Crippen molar-refractivity contribution in [3.63, 3.8) is 0 Å². The van der Waals surface area contributed by atoms with Crippen LogP contribution in [-0.2, 0) is 4.79 Å². The van der Waals surface area contributed by atoms with Gasteiger partial charge >= 0.3 is 0 Å². The summed E-state index contributed by atoms with van der Waals surface area (Å²) in [5.41, 5.74) is 5.49. The zero-order chi connectivity index (χ0) is 11.0. The van der Waals surface area contributed by atoms with E-state index in [-0.39, 0.29) is 11.4 Å². The van der Waals surface area contributed by atoms with Gasteiger partial charge in [0.1, 0.15) is 0 Å². The second-order valence-corrected chi connectivity index (χ2v) is 4.02. The number of rotatable bonds is 5. The number of carbonyl (C=O) groups is 1. The summed E-state index contributed by atoms with van der Waals surface area (Å²) in [6.45, 7) is 6.26. The van der Waals surface area contributed by atoms with E-state index in [1.54, 1.807) is 6.92 Å². The molecule has 0 aromatic rings. The van der Waals surface area contributed by atoms with Crippen molar-refractivity contribution in [2.45, 2.75) is 45.6 Å². The van der Waals surface area contributed by atoms with E-state index in [9.17, 15) is 4.79 Å². The molecule has 0 aliphatic heterocycles. The van der Waals surface area contributed by atoms with Gasteiger partial charge in [-0.2, -0.15) is 0 Å². The van der Waals surface area contributed by atoms with E-state index in [0.29, 0.717) is 25.8 Å². The Labute approximate surface area is 86.4 Å². The molecule has 0 rings (SSSR count). The van der Waals surface area contributed by atoms with Crippen LogP contribution in [-0.4, -0.2) is 18.0 Å². The second-order valence-electron chi connectivity index (χ2n) is 4.02. The molecule has 0 saturated heterocycles. The van der Waals surface area contributed by atoms with E-state index in [1.807, 2.05) is 13.8 Å². The molecule has 0 fully saturated rings. The van der Waals surface area contributed by atoms with Gasteiger partial charge in [-0.05, 0) is 27.2 Å². The Morgan fingerprint density at radius 2 is 2.14 bits per heavy atom. The lowest BCUT2D eigenvalue weighted by Crippen LogP contribution is -2.34. The first-order valence-corrected chi connectivity index (χ1v) is 4.91. The average molecular weight is 196 g/mol. The summed E-state index contributed by atoms with van der Waals surface area (Å²) in [5.74, 6) is 5.72. The van der Waals surface area contributed by atoms with Gasteiger partial charge in [-0.3, -0.25) is 4.79 Å². The van der Waals surface area contributed by atoms with Crippen LogP contribution in [0.25, 0.3) is 0 Å². The molecule has 0 bridgehead atoms. The van der Waals surface area contributed by atoms with Crippen molar-refractivity contribution >= 4 is 5.91 Å². The number of carbonyl (C=O) groups excluding carboxylic acids is 1. The van der Waals surface area contributed by atoms with E-state index < -0.39 is 0 Å². The SMILES string of the molecule is CC#CCCNC(=O)CCC(C)(C)N. The molecular formula is C11H20N2O. The van der Waals surface area contributed by atoms with Crippen molar-refractivity contribution in [3.8, 4) is 11.8 Å². The van der Waals surface area contributed by atoms with Crippen molar-refractivity contribution < 1.29 is 4.79 Å². The Balaban J connectivity index is 3.50. The topological polar surface area (TPSA) is 55.1 Å².